The molecular formula is C46H57N6O9S+. The van der Waals surface area contributed by atoms with E-state index in [2.05, 4.69) is 31.4 Å². The fourth-order valence-electron chi connectivity index (χ4n) is 8.44. The number of amides is 4. The Morgan fingerprint density at radius 2 is 1.71 bits per heavy atom. The number of primary amides is 1. The molecule has 4 aliphatic rings. The number of hydrogen-bond acceptors (Lipinski definition) is 11. The summed E-state index contributed by atoms with van der Waals surface area (Å²) in [5.41, 5.74) is 0.933. The normalized spacial score (nSPS) is 25.5. The first kappa shape index (κ1) is 43.3. The molecule has 2 saturated carbocycles. The largest absolute Gasteiger partial charge is 0.470 e. The Bertz CT molecular complexity index is 2540. The molecule has 0 bridgehead atoms. The lowest BCUT2D eigenvalue weighted by Crippen LogP contribution is -2.95. The maximum atomic E-state index is 14.8. The van der Waals surface area contributed by atoms with Crippen LogP contribution in [0.25, 0.3) is 33.5 Å². The van der Waals surface area contributed by atoms with E-state index in [9.17, 15) is 27.6 Å². The number of nitrogens with one attached hydrogen (secondary N) is 2. The number of nitrogens with two attached hydrogens (primary N) is 1. The quantitative estimate of drug-likeness (QED) is 0.196. The number of para-hydroxylation sites is 1. The van der Waals surface area contributed by atoms with Crippen molar-refractivity contribution in [2.24, 2.45) is 5.92 Å². The molecule has 2 aliphatic heterocycles. The van der Waals surface area contributed by atoms with Crippen LogP contribution in [0.1, 0.15) is 105 Å². The fourth-order valence-corrected chi connectivity index (χ4v) is 9.94. The minimum atomic E-state index is -3.80. The molecule has 3 fully saturated rings. The molecule has 4 amide bonds. The van der Waals surface area contributed by atoms with Crippen molar-refractivity contribution in [1.29, 1.82) is 0 Å². The average molecular weight is 870 g/mol. The number of allylic oxidation sites excluding steroid dienone is 1. The summed E-state index contributed by atoms with van der Waals surface area (Å²) in [7, 11) is -3.80. The highest BCUT2D eigenvalue weighted by molar-refractivity contribution is 7.86. The van der Waals surface area contributed by atoms with Crippen LogP contribution in [0.2, 0.25) is 0 Å². The number of ether oxygens (including phenoxy) is 2. The first-order chi connectivity index (χ1) is 29.3. The van der Waals surface area contributed by atoms with Crippen LogP contribution in [0.5, 0.6) is 5.88 Å². The van der Waals surface area contributed by atoms with Gasteiger partial charge in [-0.2, -0.15) is 18.1 Å². The number of carbonyl (C=O) groups is 4. The summed E-state index contributed by atoms with van der Waals surface area (Å²) in [5, 5.41) is 5.87. The second-order valence-corrected chi connectivity index (χ2v) is 21.3. The zero-order chi connectivity index (χ0) is 44.2. The van der Waals surface area contributed by atoms with E-state index in [-0.39, 0.29) is 30.7 Å². The Kier molecular flexibility index (Phi) is 11.5. The van der Waals surface area contributed by atoms with Crippen LogP contribution < -0.4 is 20.1 Å². The van der Waals surface area contributed by atoms with Gasteiger partial charge in [0.25, 0.3) is 5.88 Å². The summed E-state index contributed by atoms with van der Waals surface area (Å²) < 4.78 is 45.4. The molecule has 4 aromatic rings. The minimum absolute atomic E-state index is 0.00701. The molecule has 4 N–H and O–H groups in total. The smallest absolute Gasteiger partial charge is 0.408 e. The van der Waals surface area contributed by atoms with Gasteiger partial charge < -0.3 is 29.4 Å². The van der Waals surface area contributed by atoms with E-state index in [1.165, 1.54) is 4.90 Å². The molecule has 0 unspecified atom stereocenters. The van der Waals surface area contributed by atoms with Gasteiger partial charge in [0.15, 0.2) is 11.4 Å². The molecule has 4 heterocycles. The highest BCUT2D eigenvalue weighted by Gasteiger charge is 2.65. The Hall–Kier alpha value is -5.35. The van der Waals surface area contributed by atoms with Gasteiger partial charge in [-0.25, -0.2) is 14.6 Å². The molecule has 2 aromatic heterocycles. The van der Waals surface area contributed by atoms with Crippen molar-refractivity contribution < 1.29 is 46.2 Å². The number of primary sulfonamides is 1. The second-order valence-electron chi connectivity index (χ2n) is 19.2. The number of hydrogen-bond donors (Lipinski definition) is 3. The van der Waals surface area contributed by atoms with Gasteiger partial charge in [0, 0.05) is 23.3 Å². The van der Waals surface area contributed by atoms with E-state index in [1.807, 2.05) is 60.7 Å². The van der Waals surface area contributed by atoms with Gasteiger partial charge in [-0.3, -0.25) is 9.59 Å². The van der Waals surface area contributed by atoms with Crippen molar-refractivity contribution in [3.8, 4) is 17.3 Å². The number of benzene rings is 2. The van der Waals surface area contributed by atoms with Gasteiger partial charge >= 0.3 is 22.0 Å². The van der Waals surface area contributed by atoms with E-state index < -0.39 is 74.3 Å². The molecule has 5 atom stereocenters. The number of quaternary nitrogens is 1. The van der Waals surface area contributed by atoms with Crippen LogP contribution in [0.3, 0.4) is 0 Å². The van der Waals surface area contributed by atoms with Crippen LogP contribution in [-0.4, -0.2) is 88.2 Å². The summed E-state index contributed by atoms with van der Waals surface area (Å²) in [6.07, 6.45) is 6.59. The number of nitrogens with zero attached hydrogens (tertiary/aromatic N) is 3. The van der Waals surface area contributed by atoms with Gasteiger partial charge in [-0.05, 0) is 82.4 Å². The monoisotopic (exact) mass is 869 g/mol. The summed E-state index contributed by atoms with van der Waals surface area (Å²) in [6, 6.07) is 13.3. The molecule has 1 saturated heterocycles. The van der Waals surface area contributed by atoms with E-state index in [4.69, 9.17) is 23.9 Å². The van der Waals surface area contributed by atoms with Crippen LogP contribution >= 0.6 is 0 Å². The predicted molar refractivity (Wildman–Crippen MR) is 231 cm³/mol. The standard InChI is InChI=1S/C46H56N6O9S/c1-44(2,3)28-20-18-27(19-21-28)38-48-36-32-15-12-13-17-35(32)60-37(36)40(49-38)59-30-24-34-39(53)50-46(42(55)51-62(57,58)31-22-23-31)25-29(46)14-10-8-7-9-11-16-33(41(54)52(34)26-30)47-43(56)61-45(4,5)6/h10,12-15,17-21,29-31,33-34H,7-9,11,16,22-26H2,1-6H3,(H,47,56)(H,50,53)(H,51,55)/p+1/b14-10-/t29-,30-,33+,34+,46-/m1/s1. The van der Waals surface area contributed by atoms with E-state index in [0.717, 1.165) is 34.1 Å². The minimum Gasteiger partial charge on any atom is -0.470 e. The van der Waals surface area contributed by atoms with Crippen LogP contribution in [0, 0.1) is 5.92 Å². The van der Waals surface area contributed by atoms with E-state index >= 15 is 0 Å². The van der Waals surface area contributed by atoms with E-state index in [0.29, 0.717) is 54.6 Å². The topological polar surface area (TPSA) is 204 Å². The van der Waals surface area contributed by atoms with Crippen molar-refractivity contribution >= 4 is 55.9 Å². The SMILES string of the molecule is CC(C)(C)OC(=O)N[C@H]1CCCCC/C=C\[C@@H]2C[C@@]2(C(=O)[NH2+]S(=O)(=O)C2CC2)NC(=O)[C@@H]2C[C@@H](Oc3nc(-c4ccc(C(C)(C)C)cc4)nc4c3oc3ccccc34)CN2C1=O. The first-order valence-electron chi connectivity index (χ1n) is 21.7. The van der Waals surface area contributed by atoms with Gasteiger partial charge in [0.2, 0.25) is 17.4 Å². The lowest BCUT2D eigenvalue weighted by atomic mass is 9.87. The Labute approximate surface area is 361 Å². The Morgan fingerprint density at radius 1 is 0.968 bits per heavy atom. The van der Waals surface area contributed by atoms with Gasteiger partial charge in [0.05, 0.1) is 6.54 Å². The lowest BCUT2D eigenvalue weighted by Gasteiger charge is -2.30. The first-order valence-corrected chi connectivity index (χ1v) is 23.3. The highest BCUT2D eigenvalue weighted by atomic mass is 32.2. The summed E-state index contributed by atoms with van der Waals surface area (Å²) in [4.78, 5) is 67.7. The number of carbonyl (C=O) groups excluding carboxylic acids is 4. The van der Waals surface area contributed by atoms with Gasteiger partial charge in [-0.15, -0.1) is 0 Å². The van der Waals surface area contributed by atoms with Crippen molar-refractivity contribution in [2.75, 3.05) is 6.54 Å². The maximum absolute atomic E-state index is 14.8. The summed E-state index contributed by atoms with van der Waals surface area (Å²) in [6.45, 7) is 11.5. The fraction of sp³-hybridized carbons (Fsp3) is 0.522. The molecule has 0 spiro atoms. The van der Waals surface area contributed by atoms with Gasteiger partial charge in [0.1, 0.15) is 40.1 Å². The van der Waals surface area contributed by atoms with Crippen LogP contribution in [-0.2, 0) is 34.6 Å². The zero-order valence-electron chi connectivity index (χ0n) is 36.2. The third kappa shape index (κ3) is 9.22. The van der Waals surface area contributed by atoms with Crippen molar-refractivity contribution in [1.82, 2.24) is 25.5 Å². The van der Waals surface area contributed by atoms with Crippen molar-refractivity contribution in [3.63, 3.8) is 0 Å². The third-order valence-corrected chi connectivity index (χ3v) is 14.0. The summed E-state index contributed by atoms with van der Waals surface area (Å²) in [5.74, 6) is -1.72. The highest BCUT2D eigenvalue weighted by Crippen LogP contribution is 2.45. The number of alkyl carbamates (subject to hydrolysis) is 1. The molecule has 2 aromatic carbocycles. The zero-order valence-corrected chi connectivity index (χ0v) is 37.0. The van der Waals surface area contributed by atoms with Crippen LogP contribution in [0.4, 0.5) is 4.79 Å². The van der Waals surface area contributed by atoms with Gasteiger partial charge in [-0.1, -0.05) is 82.2 Å². The van der Waals surface area contributed by atoms with Crippen molar-refractivity contribution in [3.05, 3.63) is 66.2 Å². The molecule has 62 heavy (non-hydrogen) atoms. The predicted octanol–water partition coefficient (Wildman–Crippen LogP) is 5.56. The molecule has 330 valence electrons. The molecular weight excluding hydrogens is 813 g/mol. The molecule has 16 heteroatoms. The third-order valence-electron chi connectivity index (χ3n) is 12.1. The molecule has 2 aliphatic carbocycles. The molecule has 15 nitrogen and oxygen atoms in total. The van der Waals surface area contributed by atoms with Crippen LogP contribution in [0.15, 0.2) is 65.1 Å². The molecule has 8 rings (SSSR count). The number of rotatable bonds is 7. The number of furan rings is 1. The second kappa shape index (κ2) is 16.4. The Morgan fingerprint density at radius 3 is 2.42 bits per heavy atom. The number of sulfonamides is 1. The average Bonchev–Trinajstić information content (AvgIpc) is 4.10. The Balaban J connectivity index is 1.15. The van der Waals surface area contributed by atoms with Crippen molar-refractivity contribution in [2.45, 2.75) is 139 Å². The molecule has 0 radical (unpaired) electrons. The summed E-state index contributed by atoms with van der Waals surface area (Å²) >= 11 is 0. The maximum Gasteiger partial charge on any atom is 0.408 e. The number of aromatic nitrogens is 2. The number of fused-ring (bicyclic) bond motifs is 5. The lowest BCUT2D eigenvalue weighted by molar-refractivity contribution is -0.417. The van der Waals surface area contributed by atoms with E-state index in [1.54, 1.807) is 20.8 Å².